The summed E-state index contributed by atoms with van der Waals surface area (Å²) in [4.78, 5) is 13.0. The van der Waals surface area contributed by atoms with E-state index in [0.717, 1.165) is 5.56 Å². The number of rotatable bonds is 8. The zero-order valence-electron chi connectivity index (χ0n) is 18.9. The molecule has 0 radical (unpaired) electrons. The number of aryl methyl sites for hydroxylation is 1. The fourth-order valence-electron chi connectivity index (χ4n) is 3.79. The second kappa shape index (κ2) is 9.76. The number of hydrazine groups is 1. The molecule has 10 heteroatoms. The Morgan fingerprint density at radius 3 is 2.22 bits per heavy atom. The minimum atomic E-state index is -3.89. The zero-order valence-corrected chi connectivity index (χ0v) is 19.7. The first-order valence-corrected chi connectivity index (χ1v) is 11.8. The lowest BCUT2D eigenvalue weighted by Gasteiger charge is -2.30. The number of nitrogens with zero attached hydrogens (tertiary/aromatic N) is 1. The van der Waals surface area contributed by atoms with E-state index in [1.165, 1.54) is 18.5 Å². The van der Waals surface area contributed by atoms with E-state index in [9.17, 15) is 13.2 Å². The van der Waals surface area contributed by atoms with E-state index in [2.05, 4.69) is 16.2 Å². The minimum Gasteiger partial charge on any atom is -0.497 e. The van der Waals surface area contributed by atoms with Gasteiger partial charge >= 0.3 is 0 Å². The number of ether oxygens (including phenoxy) is 2. The van der Waals surface area contributed by atoms with Crippen LogP contribution in [-0.2, 0) is 14.8 Å². The molecule has 0 bridgehead atoms. The molecule has 32 heavy (non-hydrogen) atoms. The number of carbonyl (C=O) groups is 1. The van der Waals surface area contributed by atoms with Crippen molar-refractivity contribution in [3.63, 3.8) is 0 Å². The fraction of sp³-hybridized carbons (Fsp3) is 0.409. The lowest BCUT2D eigenvalue weighted by Crippen LogP contribution is -2.49. The number of hydrogen-bond acceptors (Lipinski definition) is 7. The Morgan fingerprint density at radius 2 is 1.66 bits per heavy atom. The summed E-state index contributed by atoms with van der Waals surface area (Å²) >= 11 is 0. The van der Waals surface area contributed by atoms with Crippen LogP contribution in [0.5, 0.6) is 11.5 Å². The largest absolute Gasteiger partial charge is 0.497 e. The van der Waals surface area contributed by atoms with E-state index in [1.54, 1.807) is 44.2 Å². The molecule has 0 spiro atoms. The first-order chi connectivity index (χ1) is 15.2. The van der Waals surface area contributed by atoms with Crippen LogP contribution < -0.4 is 29.9 Å². The molecule has 1 fully saturated rings. The van der Waals surface area contributed by atoms with Gasteiger partial charge in [-0.3, -0.25) is 20.0 Å². The summed E-state index contributed by atoms with van der Waals surface area (Å²) in [6.45, 7) is 5.13. The molecule has 1 saturated heterocycles. The van der Waals surface area contributed by atoms with E-state index in [-0.39, 0.29) is 18.6 Å². The van der Waals surface area contributed by atoms with Crippen molar-refractivity contribution in [2.45, 2.75) is 38.1 Å². The van der Waals surface area contributed by atoms with Crippen molar-refractivity contribution in [1.29, 1.82) is 0 Å². The van der Waals surface area contributed by atoms with Crippen LogP contribution in [0.2, 0.25) is 0 Å². The summed E-state index contributed by atoms with van der Waals surface area (Å²) < 4.78 is 39.0. The Labute approximate surface area is 189 Å². The van der Waals surface area contributed by atoms with Gasteiger partial charge in [0.05, 0.1) is 25.6 Å². The topological polar surface area (TPSA) is 109 Å². The first kappa shape index (κ1) is 23.8. The normalized spacial score (nSPS) is 20.6. The standard InChI is InChI=1S/C22H30N4O5S/c1-14-6-8-17(9-7-14)26(32(28,29)22-15(2)24-25-16(22)3)13-21(27)23-19-12-18(30-4)10-11-20(19)31-5/h6-12,15-16,22,24-25H,13H2,1-5H3,(H,23,27). The van der Waals surface area contributed by atoms with E-state index in [4.69, 9.17) is 9.47 Å². The number of amides is 1. The molecule has 0 saturated carbocycles. The third kappa shape index (κ3) is 4.98. The molecular weight excluding hydrogens is 432 g/mol. The van der Waals surface area contributed by atoms with Gasteiger partial charge in [-0.15, -0.1) is 0 Å². The molecule has 2 aromatic rings. The average molecular weight is 463 g/mol. The van der Waals surface area contributed by atoms with Crippen molar-refractivity contribution in [2.24, 2.45) is 0 Å². The van der Waals surface area contributed by atoms with Gasteiger partial charge in [-0.25, -0.2) is 8.42 Å². The third-order valence-electron chi connectivity index (χ3n) is 5.47. The van der Waals surface area contributed by atoms with Crippen LogP contribution in [0, 0.1) is 6.92 Å². The smallest absolute Gasteiger partial charge is 0.245 e. The van der Waals surface area contributed by atoms with Crippen LogP contribution in [0.15, 0.2) is 42.5 Å². The molecule has 1 aliphatic heterocycles. The van der Waals surface area contributed by atoms with E-state index >= 15 is 0 Å². The Bertz CT molecular complexity index is 1050. The monoisotopic (exact) mass is 462 g/mol. The number of sulfonamides is 1. The molecule has 1 amide bonds. The van der Waals surface area contributed by atoms with Crippen molar-refractivity contribution >= 4 is 27.3 Å². The van der Waals surface area contributed by atoms with Gasteiger partial charge in [-0.05, 0) is 45.0 Å². The van der Waals surface area contributed by atoms with Gasteiger partial charge in [0, 0.05) is 18.2 Å². The van der Waals surface area contributed by atoms with Crippen LogP contribution >= 0.6 is 0 Å². The quantitative estimate of drug-likeness (QED) is 0.551. The van der Waals surface area contributed by atoms with Crippen molar-refractivity contribution in [3.05, 3.63) is 48.0 Å². The summed E-state index contributed by atoms with van der Waals surface area (Å²) in [7, 11) is -0.881. The van der Waals surface area contributed by atoms with Crippen molar-refractivity contribution in [3.8, 4) is 11.5 Å². The van der Waals surface area contributed by atoms with Crippen molar-refractivity contribution in [1.82, 2.24) is 10.9 Å². The molecule has 3 rings (SSSR count). The van der Waals surface area contributed by atoms with Crippen LogP contribution in [0.1, 0.15) is 19.4 Å². The highest BCUT2D eigenvalue weighted by atomic mass is 32.2. The second-order valence-electron chi connectivity index (χ2n) is 7.83. The third-order valence-corrected chi connectivity index (χ3v) is 7.92. The average Bonchev–Trinajstić information content (AvgIpc) is 3.11. The Hall–Kier alpha value is -2.82. The molecule has 2 unspecified atom stereocenters. The number of benzene rings is 2. The van der Waals surface area contributed by atoms with Crippen LogP contribution in [0.25, 0.3) is 0 Å². The lowest BCUT2D eigenvalue weighted by atomic mass is 10.2. The molecule has 174 valence electrons. The van der Waals surface area contributed by atoms with Crippen molar-refractivity contribution < 1.29 is 22.7 Å². The molecule has 9 nitrogen and oxygen atoms in total. The van der Waals surface area contributed by atoms with E-state index in [0.29, 0.717) is 22.9 Å². The van der Waals surface area contributed by atoms with Crippen LogP contribution in [0.4, 0.5) is 11.4 Å². The van der Waals surface area contributed by atoms with Gasteiger partial charge in [-0.2, -0.15) is 0 Å². The summed E-state index contributed by atoms with van der Waals surface area (Å²) in [6.07, 6.45) is 0. The fourth-order valence-corrected chi connectivity index (χ4v) is 5.97. The minimum absolute atomic E-state index is 0.329. The van der Waals surface area contributed by atoms with Gasteiger partial charge in [-0.1, -0.05) is 17.7 Å². The van der Waals surface area contributed by atoms with E-state index in [1.807, 2.05) is 19.1 Å². The van der Waals surface area contributed by atoms with Gasteiger partial charge in [0.15, 0.2) is 0 Å². The van der Waals surface area contributed by atoms with Crippen LogP contribution in [0.3, 0.4) is 0 Å². The lowest BCUT2D eigenvalue weighted by molar-refractivity contribution is -0.114. The number of anilines is 2. The molecule has 0 aromatic heterocycles. The second-order valence-corrected chi connectivity index (χ2v) is 9.85. The SMILES string of the molecule is COc1ccc(OC)c(NC(=O)CN(c2ccc(C)cc2)S(=O)(=O)C2C(C)NNC2C)c1. The van der Waals surface area contributed by atoms with Crippen LogP contribution in [-0.4, -0.2) is 52.4 Å². The number of nitrogens with one attached hydrogen (secondary N) is 3. The highest BCUT2D eigenvalue weighted by Crippen LogP contribution is 2.30. The number of hydrogen-bond donors (Lipinski definition) is 3. The summed E-state index contributed by atoms with van der Waals surface area (Å²) in [5.41, 5.74) is 7.76. The highest BCUT2D eigenvalue weighted by Gasteiger charge is 2.44. The molecule has 0 aliphatic carbocycles. The maximum absolute atomic E-state index is 13.7. The Morgan fingerprint density at radius 1 is 1.03 bits per heavy atom. The van der Waals surface area contributed by atoms with Gasteiger partial charge in [0.25, 0.3) is 0 Å². The summed E-state index contributed by atoms with van der Waals surface area (Å²) in [5, 5.41) is 2.00. The zero-order chi connectivity index (χ0) is 23.5. The molecule has 2 atom stereocenters. The van der Waals surface area contributed by atoms with Gasteiger partial charge < -0.3 is 14.8 Å². The number of methoxy groups -OCH3 is 2. The molecule has 1 aliphatic rings. The summed E-state index contributed by atoms with van der Waals surface area (Å²) in [6, 6.07) is 11.4. The Kier molecular flexibility index (Phi) is 7.27. The maximum Gasteiger partial charge on any atom is 0.245 e. The molecule has 1 heterocycles. The Balaban J connectivity index is 1.93. The molecule has 3 N–H and O–H groups in total. The predicted octanol–water partition coefficient (Wildman–Crippen LogP) is 2.04. The molecule has 2 aromatic carbocycles. The maximum atomic E-state index is 13.7. The van der Waals surface area contributed by atoms with Crippen molar-refractivity contribution in [2.75, 3.05) is 30.4 Å². The highest BCUT2D eigenvalue weighted by molar-refractivity contribution is 7.93. The van der Waals surface area contributed by atoms with Gasteiger partial charge in [0.1, 0.15) is 23.3 Å². The predicted molar refractivity (Wildman–Crippen MR) is 125 cm³/mol. The first-order valence-electron chi connectivity index (χ1n) is 10.3. The summed E-state index contributed by atoms with van der Waals surface area (Å²) in [5.74, 6) is 0.477. The van der Waals surface area contributed by atoms with Gasteiger partial charge in [0.2, 0.25) is 15.9 Å². The number of carbonyl (C=O) groups excluding carboxylic acids is 1. The molecular formula is C22H30N4O5S. The van der Waals surface area contributed by atoms with E-state index < -0.39 is 21.2 Å².